The molecular formula is C58H84F2N2O13. The van der Waals surface area contributed by atoms with Gasteiger partial charge < -0.3 is 33.9 Å². The molecule has 0 aliphatic carbocycles. The monoisotopic (exact) mass is 1060 g/mol. The van der Waals surface area contributed by atoms with Gasteiger partial charge in [0.1, 0.15) is 48.1 Å². The molecule has 4 rings (SSSR count). The lowest BCUT2D eigenvalue weighted by molar-refractivity contribution is -0.172. The van der Waals surface area contributed by atoms with Crippen LogP contribution in [0.5, 0.6) is 0 Å². The standard InChI is InChI=1S/C29H38FNO6.C16H15FO3.C13H25NO4.3H2/c1-28(2,3)18-23(31(7)27(34)37-29(4,5)6)25(32)36-24(17-20-13-15-22(30)16-14-20)26(33)35-19-21-11-9-8-10-12-21;17-14-8-6-12(7-9-14)10-15(18)16(19)20-11-13-4-2-1-3-5-13;1-12(2,3)8-9(10(15)16)14(7)11(17)18-13(4,5)6;;;/h8-16,23-24H,17-19H2,1-7H3;1-9,15,18H,10-11H2;9H,8H2,1-7H3,(H,15,16);3*1H/t23-,24+;15-;9-;;;/m010.../s1/i;;;3*1+1D. The van der Waals surface area contributed by atoms with Crippen LogP contribution in [-0.4, -0.2) is 106 Å². The second-order valence-electron chi connectivity index (χ2n) is 22.4. The first-order valence-electron chi connectivity index (χ1n) is 27.6. The molecule has 15 nitrogen and oxygen atoms in total. The number of nitrogens with zero attached hydrogens (tertiary/aromatic N) is 2. The van der Waals surface area contributed by atoms with Gasteiger partial charge in [0.2, 0.25) is 6.10 Å². The average Bonchev–Trinajstić information content (AvgIpc) is 3.40. The number of ether oxygens (including phenoxy) is 5. The van der Waals surface area contributed by atoms with Gasteiger partial charge >= 0.3 is 36.1 Å². The molecule has 2 N–H and O–H groups in total. The van der Waals surface area contributed by atoms with Crippen molar-refractivity contribution in [3.63, 3.8) is 0 Å². The highest BCUT2D eigenvalue weighted by Gasteiger charge is 2.38. The van der Waals surface area contributed by atoms with Crippen molar-refractivity contribution in [2.24, 2.45) is 10.8 Å². The van der Waals surface area contributed by atoms with Crippen molar-refractivity contribution in [1.82, 2.24) is 9.80 Å². The molecule has 0 heterocycles. The molecule has 0 saturated heterocycles. The van der Waals surface area contributed by atoms with Crippen LogP contribution >= 0.6 is 0 Å². The summed E-state index contributed by atoms with van der Waals surface area (Å²) in [5.74, 6) is -3.97. The zero-order valence-corrected chi connectivity index (χ0v) is 46.0. The van der Waals surface area contributed by atoms with Crippen LogP contribution in [0, 0.1) is 22.5 Å². The molecule has 17 heteroatoms. The van der Waals surface area contributed by atoms with Crippen LogP contribution in [0.25, 0.3) is 0 Å². The van der Waals surface area contributed by atoms with Gasteiger partial charge in [0.05, 0.1) is 0 Å². The number of rotatable bonds is 17. The number of carbonyl (C=O) groups is 6. The minimum Gasteiger partial charge on any atom is -0.480 e. The maximum atomic E-state index is 13.4. The fourth-order valence-electron chi connectivity index (χ4n) is 6.65. The van der Waals surface area contributed by atoms with Crippen molar-refractivity contribution in [2.45, 2.75) is 157 Å². The third-order valence-corrected chi connectivity index (χ3v) is 10.4. The Hall–Kier alpha value is -6.88. The molecule has 2 amide bonds. The van der Waals surface area contributed by atoms with Crippen molar-refractivity contribution < 1.29 is 80.4 Å². The Balaban J connectivity index is 0. The Kier molecular flexibility index (Phi) is 23.0. The lowest BCUT2D eigenvalue weighted by atomic mass is 9.87. The van der Waals surface area contributed by atoms with Crippen molar-refractivity contribution in [3.05, 3.63) is 143 Å². The average molecular weight is 1060 g/mol. The van der Waals surface area contributed by atoms with Crippen LogP contribution in [0.3, 0.4) is 0 Å². The fourth-order valence-corrected chi connectivity index (χ4v) is 6.65. The number of carbonyl (C=O) groups excluding carboxylic acids is 5. The van der Waals surface area contributed by atoms with Crippen molar-refractivity contribution in [1.29, 1.82) is 0 Å². The first-order valence-corrected chi connectivity index (χ1v) is 24.6. The number of carboxylic acid groups (broad SMARTS) is 1. The van der Waals surface area contributed by atoms with Gasteiger partial charge in [-0.15, -0.1) is 0 Å². The Labute approximate surface area is 450 Å². The molecule has 418 valence electrons. The highest BCUT2D eigenvalue weighted by atomic mass is 19.1. The van der Waals surface area contributed by atoms with E-state index in [9.17, 15) is 47.8 Å². The van der Waals surface area contributed by atoms with E-state index in [0.29, 0.717) is 17.5 Å². The molecule has 0 radical (unpaired) electrons. The third kappa shape index (κ3) is 26.8. The Morgan fingerprint density at radius 3 is 1.25 bits per heavy atom. The summed E-state index contributed by atoms with van der Waals surface area (Å²) in [6, 6.07) is 27.7. The molecule has 4 atom stereocenters. The van der Waals surface area contributed by atoms with Crippen LogP contribution in [0.2, 0.25) is 0 Å². The molecule has 0 aliphatic rings. The normalized spacial score (nSPS) is 13.4. The van der Waals surface area contributed by atoms with E-state index < -0.39 is 77.4 Å². The highest BCUT2D eigenvalue weighted by Crippen LogP contribution is 2.27. The SMILES string of the molecule is CN(C(=O)OC(C)(C)C)[C@@H](CC(C)(C)C)C(=O)O.CN(C(=O)OC(C)(C)C)[C@@H](CC(C)(C)C)C(=O)O[C@H](Cc1ccc(F)cc1)C(=O)OCc1ccccc1.O=C(OCc1ccccc1)[C@H](O)Cc1ccc(F)cc1.[2H][2H].[2H][2H].[2H][2H]. The largest absolute Gasteiger partial charge is 0.480 e. The molecule has 4 aromatic carbocycles. The number of likely N-dealkylation sites (N-methyl/N-ethyl adjacent to an activating group) is 2. The first kappa shape index (κ1) is 59.0. The summed E-state index contributed by atoms with van der Waals surface area (Å²) in [6.07, 6.45) is -3.10. The van der Waals surface area contributed by atoms with E-state index in [2.05, 4.69) is 0 Å². The summed E-state index contributed by atoms with van der Waals surface area (Å²) in [5.41, 5.74) is 0.982. The van der Waals surface area contributed by atoms with Crippen LogP contribution < -0.4 is 0 Å². The molecule has 0 spiro atoms. The summed E-state index contributed by atoms with van der Waals surface area (Å²) in [4.78, 5) is 76.3. The molecule has 0 saturated carbocycles. The van der Waals surface area contributed by atoms with Crippen LogP contribution in [-0.2, 0) is 68.9 Å². The lowest BCUT2D eigenvalue weighted by Crippen LogP contribution is -2.48. The van der Waals surface area contributed by atoms with Crippen molar-refractivity contribution >= 4 is 36.1 Å². The van der Waals surface area contributed by atoms with Gasteiger partial charge in [-0.25, -0.2) is 37.5 Å². The Bertz CT molecular complexity index is 2440. The van der Waals surface area contributed by atoms with Gasteiger partial charge in [0, 0.05) is 35.8 Å². The van der Waals surface area contributed by atoms with Crippen LogP contribution in [0.1, 0.15) is 127 Å². The number of esters is 3. The second kappa shape index (κ2) is 29.3. The molecule has 75 heavy (non-hydrogen) atoms. The van der Waals surface area contributed by atoms with Gasteiger partial charge in [-0.2, -0.15) is 0 Å². The molecule has 0 aliphatic heterocycles. The number of carboxylic acids is 1. The van der Waals surface area contributed by atoms with E-state index in [1.165, 1.54) is 67.5 Å². The molecule has 4 aromatic rings. The zero-order valence-electron chi connectivity index (χ0n) is 52.0. The van der Waals surface area contributed by atoms with E-state index in [4.69, 9.17) is 32.6 Å². The summed E-state index contributed by atoms with van der Waals surface area (Å²) >= 11 is 0. The van der Waals surface area contributed by atoms with Crippen molar-refractivity contribution in [3.8, 4) is 0 Å². The quantitative estimate of drug-likeness (QED) is 0.0749. The van der Waals surface area contributed by atoms with E-state index >= 15 is 0 Å². The maximum Gasteiger partial charge on any atom is 0.410 e. The molecular weight excluding hydrogens is 971 g/mol. The number of hydrogen-bond acceptors (Lipinski definition) is 12. The molecule has 0 aromatic heterocycles. The number of halogens is 2. The number of aliphatic hydroxyl groups excluding tert-OH is 1. The number of aliphatic carboxylic acids is 1. The van der Waals surface area contributed by atoms with Gasteiger partial charge in [-0.1, -0.05) is 126 Å². The highest BCUT2D eigenvalue weighted by molar-refractivity contribution is 5.85. The summed E-state index contributed by atoms with van der Waals surface area (Å²) < 4.78 is 82.9. The van der Waals surface area contributed by atoms with Crippen LogP contribution in [0.4, 0.5) is 18.4 Å². The topological polar surface area (TPSA) is 196 Å². The van der Waals surface area contributed by atoms with Gasteiger partial charge in [0.25, 0.3) is 0 Å². The van der Waals surface area contributed by atoms with Gasteiger partial charge in [-0.3, -0.25) is 9.80 Å². The lowest BCUT2D eigenvalue weighted by Gasteiger charge is -2.33. The minimum absolute atomic E-state index is 0.000370. The zero-order chi connectivity index (χ0) is 62.9. The van der Waals surface area contributed by atoms with E-state index in [1.807, 2.05) is 102 Å². The van der Waals surface area contributed by atoms with E-state index in [1.54, 1.807) is 41.5 Å². The minimum atomic E-state index is -1.30. The van der Waals surface area contributed by atoms with Gasteiger partial charge in [-0.05, 0) is 112 Å². The maximum absolute atomic E-state index is 13.4. The number of hydrogen-bond donors (Lipinski definition) is 2. The third-order valence-electron chi connectivity index (χ3n) is 10.4. The molecule has 0 fully saturated rings. The second-order valence-corrected chi connectivity index (χ2v) is 22.4. The summed E-state index contributed by atoms with van der Waals surface area (Å²) in [6.45, 7) is 22.2. The van der Waals surface area contributed by atoms with Gasteiger partial charge in [0.15, 0.2) is 6.10 Å². The smallest absolute Gasteiger partial charge is 0.410 e. The predicted molar refractivity (Wildman–Crippen MR) is 286 cm³/mol. The van der Waals surface area contributed by atoms with Crippen LogP contribution in [0.15, 0.2) is 109 Å². The Morgan fingerprint density at radius 2 is 0.880 bits per heavy atom. The molecule has 0 bridgehead atoms. The Morgan fingerprint density at radius 1 is 0.520 bits per heavy atom. The number of aliphatic hydroxyl groups is 1. The van der Waals surface area contributed by atoms with E-state index in [0.717, 1.165) is 16.0 Å². The number of amides is 2. The first-order chi connectivity index (χ1) is 37.6. The summed E-state index contributed by atoms with van der Waals surface area (Å²) in [7, 11) is 2.92. The van der Waals surface area contributed by atoms with E-state index in [-0.39, 0.29) is 49.1 Å². The van der Waals surface area contributed by atoms with Crippen molar-refractivity contribution in [2.75, 3.05) is 14.1 Å². The predicted octanol–water partition coefficient (Wildman–Crippen LogP) is 11.6. The molecule has 0 unspecified atom stereocenters. The summed E-state index contributed by atoms with van der Waals surface area (Å²) in [5, 5.41) is 19.0. The number of benzene rings is 4. The fraction of sp³-hybridized carbons (Fsp3) is 0.483.